The van der Waals surface area contributed by atoms with Crippen molar-refractivity contribution >= 4 is 17.5 Å². The van der Waals surface area contributed by atoms with E-state index in [2.05, 4.69) is 5.32 Å². The van der Waals surface area contributed by atoms with E-state index in [9.17, 15) is 29.7 Å². The number of halogens is 1. The van der Waals surface area contributed by atoms with Crippen LogP contribution in [0.15, 0.2) is 59.1 Å². The molecule has 222 valence electrons. The maximum atomic E-state index is 16.0. The Bertz CT molecular complexity index is 1530. The van der Waals surface area contributed by atoms with E-state index in [1.165, 1.54) is 18.1 Å². The van der Waals surface area contributed by atoms with Crippen molar-refractivity contribution in [2.24, 2.45) is 17.6 Å². The summed E-state index contributed by atoms with van der Waals surface area (Å²) in [6, 6.07) is 10.2. The van der Waals surface area contributed by atoms with Gasteiger partial charge in [-0.05, 0) is 57.5 Å². The molecule has 0 fully saturated rings. The summed E-state index contributed by atoms with van der Waals surface area (Å²) in [4.78, 5) is 40.9. The van der Waals surface area contributed by atoms with Gasteiger partial charge in [-0.1, -0.05) is 30.3 Å². The maximum Gasteiger partial charge on any atom is 0.255 e. The number of carbonyl (C=O) groups is 3. The fourth-order valence-corrected chi connectivity index (χ4v) is 6.73. The molecule has 0 radical (unpaired) electrons. The number of amides is 1. The van der Waals surface area contributed by atoms with Crippen LogP contribution in [0.2, 0.25) is 0 Å². The van der Waals surface area contributed by atoms with E-state index >= 15 is 4.39 Å². The number of aliphatic hydroxyl groups excluding tert-OH is 2. The van der Waals surface area contributed by atoms with Crippen molar-refractivity contribution in [2.75, 3.05) is 27.7 Å². The number of ketones is 2. The number of Topliss-reactive ketones (excluding diaryl/α,β-unsaturated/α-hetero) is 2. The van der Waals surface area contributed by atoms with Gasteiger partial charge in [0, 0.05) is 29.2 Å². The number of likely N-dealkylation sites (N-methyl/N-ethyl adjacent to an activating group) is 1. The Balaban J connectivity index is 1.53. The molecule has 10 nitrogen and oxygen atoms in total. The van der Waals surface area contributed by atoms with Crippen LogP contribution >= 0.6 is 0 Å². The number of ether oxygens (including phenoxy) is 1. The first kappa shape index (κ1) is 29.4. The van der Waals surface area contributed by atoms with Crippen LogP contribution in [0.3, 0.4) is 0 Å². The van der Waals surface area contributed by atoms with Gasteiger partial charge < -0.3 is 31.1 Å². The van der Waals surface area contributed by atoms with Crippen molar-refractivity contribution in [3.63, 3.8) is 0 Å². The third kappa shape index (κ3) is 4.48. The monoisotopic (exact) mass is 579 g/mol. The van der Waals surface area contributed by atoms with E-state index in [0.717, 1.165) is 12.0 Å². The highest BCUT2D eigenvalue weighted by Gasteiger charge is 2.63. The van der Waals surface area contributed by atoms with Gasteiger partial charge in [-0.15, -0.1) is 0 Å². The molecule has 3 aliphatic rings. The number of nitrogens with two attached hydrogens (primary N) is 1. The lowest BCUT2D eigenvalue weighted by Crippen LogP contribution is -2.63. The Hall–Kier alpha value is -4.06. The zero-order valence-electron chi connectivity index (χ0n) is 23.6. The van der Waals surface area contributed by atoms with Gasteiger partial charge in [0.2, 0.25) is 5.78 Å². The molecule has 1 amide bonds. The standard InChI is InChI=1S/C31H34FN3O7/c1-35(2)25-19-12-16-11-18-22(26(36)21(16)28(38)31(19,41)29(39)23(27(25)37)30(33)40)20(42-3)13-17(24(18)32)14-34-10-9-15-7-5-4-6-8-15/h4-8,13,16,19,25,34,37-38,41H,9-12,14H2,1-3H3,(H2,33,40)/t16-,19-,25-,31-/m0/s1. The van der Waals surface area contributed by atoms with E-state index < -0.39 is 63.9 Å². The Morgan fingerprint density at radius 3 is 2.52 bits per heavy atom. The zero-order valence-corrected chi connectivity index (χ0v) is 23.6. The summed E-state index contributed by atoms with van der Waals surface area (Å²) in [7, 11) is 4.47. The van der Waals surface area contributed by atoms with E-state index in [0.29, 0.717) is 12.1 Å². The molecular formula is C31H34FN3O7. The minimum Gasteiger partial charge on any atom is -0.510 e. The number of carbonyl (C=O) groups excluding carboxylic acids is 3. The third-order valence-electron chi connectivity index (χ3n) is 8.68. The first-order valence-electron chi connectivity index (χ1n) is 13.7. The molecule has 5 rings (SSSR count). The van der Waals surface area contributed by atoms with Gasteiger partial charge in [0.15, 0.2) is 11.4 Å². The highest BCUT2D eigenvalue weighted by molar-refractivity contribution is 6.24. The molecule has 0 heterocycles. The molecule has 0 saturated carbocycles. The smallest absolute Gasteiger partial charge is 0.255 e. The Morgan fingerprint density at radius 2 is 1.90 bits per heavy atom. The van der Waals surface area contributed by atoms with Crippen LogP contribution in [-0.2, 0) is 29.0 Å². The minimum atomic E-state index is -2.70. The van der Waals surface area contributed by atoms with Crippen LogP contribution in [0.4, 0.5) is 4.39 Å². The highest BCUT2D eigenvalue weighted by atomic mass is 19.1. The van der Waals surface area contributed by atoms with Gasteiger partial charge >= 0.3 is 0 Å². The van der Waals surface area contributed by atoms with Crippen LogP contribution in [0.5, 0.6) is 5.75 Å². The number of hydrogen-bond acceptors (Lipinski definition) is 9. The van der Waals surface area contributed by atoms with Gasteiger partial charge in [-0.3, -0.25) is 19.3 Å². The predicted octanol–water partition coefficient (Wildman–Crippen LogP) is 1.90. The van der Waals surface area contributed by atoms with Crippen molar-refractivity contribution in [2.45, 2.75) is 37.5 Å². The van der Waals surface area contributed by atoms with Crippen molar-refractivity contribution in [3.8, 4) is 5.75 Å². The number of benzene rings is 2. The predicted molar refractivity (Wildman–Crippen MR) is 150 cm³/mol. The molecule has 42 heavy (non-hydrogen) atoms. The topological polar surface area (TPSA) is 162 Å². The normalized spacial score (nSPS) is 25.3. The number of aliphatic hydroxyl groups is 3. The molecule has 4 atom stereocenters. The summed E-state index contributed by atoms with van der Waals surface area (Å²) < 4.78 is 21.5. The molecule has 0 spiro atoms. The Kier molecular flexibility index (Phi) is 7.69. The quantitative estimate of drug-likeness (QED) is 0.232. The molecule has 0 aliphatic heterocycles. The molecular weight excluding hydrogens is 545 g/mol. The van der Waals surface area contributed by atoms with Crippen LogP contribution < -0.4 is 15.8 Å². The van der Waals surface area contributed by atoms with Gasteiger partial charge in [-0.2, -0.15) is 0 Å². The second-order valence-corrected chi connectivity index (χ2v) is 11.3. The van der Waals surface area contributed by atoms with Crippen LogP contribution in [0, 0.1) is 17.7 Å². The second kappa shape index (κ2) is 11.0. The number of allylic oxidation sites excluding steroid dienone is 1. The van der Waals surface area contributed by atoms with Gasteiger partial charge in [-0.25, -0.2) is 4.39 Å². The maximum absolute atomic E-state index is 16.0. The fraction of sp³-hybridized carbons (Fsp3) is 0.387. The summed E-state index contributed by atoms with van der Waals surface area (Å²) in [5.41, 5.74) is 3.05. The highest BCUT2D eigenvalue weighted by Crippen LogP contribution is 2.52. The average molecular weight is 580 g/mol. The summed E-state index contributed by atoms with van der Waals surface area (Å²) in [5, 5.41) is 37.2. The number of hydrogen-bond donors (Lipinski definition) is 5. The van der Waals surface area contributed by atoms with E-state index in [-0.39, 0.29) is 41.8 Å². The molecule has 0 bridgehead atoms. The minimum absolute atomic E-state index is 0.0193. The molecule has 6 N–H and O–H groups in total. The molecule has 0 aromatic heterocycles. The first-order valence-corrected chi connectivity index (χ1v) is 13.7. The van der Waals surface area contributed by atoms with Crippen LogP contribution in [-0.4, -0.2) is 77.1 Å². The summed E-state index contributed by atoms with van der Waals surface area (Å²) in [6.07, 6.45) is 0.662. The number of nitrogens with one attached hydrogen (secondary N) is 1. The summed E-state index contributed by atoms with van der Waals surface area (Å²) in [6.45, 7) is 0.777. The number of primary amides is 1. The summed E-state index contributed by atoms with van der Waals surface area (Å²) >= 11 is 0. The number of fused-ring (bicyclic) bond motifs is 3. The fourth-order valence-electron chi connectivity index (χ4n) is 6.73. The number of nitrogens with zero attached hydrogens (tertiary/aromatic N) is 1. The molecule has 11 heteroatoms. The largest absolute Gasteiger partial charge is 0.510 e. The zero-order chi connectivity index (χ0) is 30.5. The molecule has 0 saturated heterocycles. The SMILES string of the molecule is COc1cc(CNCCc2ccccc2)c(F)c2c1C(=O)C1=C(O)[C@]3(O)C(=O)C(C(N)=O)=C(O)[C@@H](N(C)C)[C@@H]3C[C@@H]1C2. The Labute approximate surface area is 242 Å². The van der Waals surface area contributed by atoms with E-state index in [4.69, 9.17) is 10.5 Å². The van der Waals surface area contributed by atoms with Crippen molar-refractivity contribution in [3.05, 3.63) is 87.1 Å². The first-order chi connectivity index (χ1) is 19.9. The average Bonchev–Trinajstić information content (AvgIpc) is 2.94. The molecule has 0 unspecified atom stereocenters. The van der Waals surface area contributed by atoms with Crippen molar-refractivity contribution < 1.29 is 38.8 Å². The number of rotatable bonds is 8. The lowest BCUT2D eigenvalue weighted by atomic mass is 9.58. The van der Waals surface area contributed by atoms with E-state index in [1.54, 1.807) is 14.1 Å². The molecule has 2 aromatic carbocycles. The van der Waals surface area contributed by atoms with Gasteiger partial charge in [0.05, 0.1) is 18.7 Å². The van der Waals surface area contributed by atoms with Gasteiger partial charge in [0.25, 0.3) is 5.91 Å². The van der Waals surface area contributed by atoms with Crippen LogP contribution in [0.1, 0.15) is 33.5 Å². The second-order valence-electron chi connectivity index (χ2n) is 11.3. The van der Waals surface area contributed by atoms with Crippen LogP contribution in [0.25, 0.3) is 0 Å². The van der Waals surface area contributed by atoms with Gasteiger partial charge in [0.1, 0.15) is 28.7 Å². The summed E-state index contributed by atoms with van der Waals surface area (Å²) in [5.74, 6) is -7.29. The number of methoxy groups -OCH3 is 1. The lowest BCUT2D eigenvalue weighted by Gasteiger charge is -2.50. The third-order valence-corrected chi connectivity index (χ3v) is 8.68. The Morgan fingerprint density at radius 1 is 1.21 bits per heavy atom. The molecule has 2 aromatic rings. The lowest BCUT2D eigenvalue weighted by molar-refractivity contribution is -0.148. The van der Waals surface area contributed by atoms with Crippen molar-refractivity contribution in [1.29, 1.82) is 0 Å². The van der Waals surface area contributed by atoms with Crippen molar-refractivity contribution in [1.82, 2.24) is 10.2 Å². The molecule has 3 aliphatic carbocycles. The van der Waals surface area contributed by atoms with E-state index in [1.807, 2.05) is 30.3 Å².